The molecule has 0 aliphatic rings. The Morgan fingerprint density at radius 3 is 2.48 bits per heavy atom. The van der Waals surface area contributed by atoms with Gasteiger partial charge in [0.1, 0.15) is 0 Å². The largest absolute Gasteiger partial charge is 0.461 e. The molecule has 7 heteroatoms. The maximum Gasteiger partial charge on any atom is 0.323 e. The molecule has 1 N–H and O–H groups in total. The zero-order valence-corrected chi connectivity index (χ0v) is 13.4. The molecule has 116 valence electrons. The smallest absolute Gasteiger partial charge is 0.323 e. The van der Waals surface area contributed by atoms with Gasteiger partial charge in [-0.05, 0) is 34.6 Å². The summed E-state index contributed by atoms with van der Waals surface area (Å²) in [5.74, 6) is 0.918. The molecule has 1 unspecified atom stereocenters. The molecule has 0 aliphatic heterocycles. The van der Waals surface area contributed by atoms with Crippen LogP contribution in [-0.2, 0) is 0 Å². The van der Waals surface area contributed by atoms with Crippen molar-refractivity contribution in [2.75, 3.05) is 29.9 Å². The first kappa shape index (κ1) is 17.0. The zero-order chi connectivity index (χ0) is 15.8. The quantitative estimate of drug-likeness (QED) is 0.784. The molecule has 0 fully saturated rings. The third-order valence-electron chi connectivity index (χ3n) is 2.66. The van der Waals surface area contributed by atoms with Crippen molar-refractivity contribution in [3.63, 3.8) is 0 Å². The summed E-state index contributed by atoms with van der Waals surface area (Å²) < 4.78 is 5.57. The molecule has 0 amide bonds. The van der Waals surface area contributed by atoms with E-state index in [4.69, 9.17) is 10.00 Å². The third-order valence-corrected chi connectivity index (χ3v) is 2.66. The summed E-state index contributed by atoms with van der Waals surface area (Å²) in [6, 6.07) is 2.53. The van der Waals surface area contributed by atoms with E-state index in [1.165, 1.54) is 0 Å². The Morgan fingerprint density at radius 1 is 1.24 bits per heavy atom. The van der Waals surface area contributed by atoms with E-state index in [0.29, 0.717) is 37.5 Å². The number of rotatable bonds is 8. The predicted molar refractivity (Wildman–Crippen MR) is 82.4 cm³/mol. The molecule has 0 aromatic carbocycles. The van der Waals surface area contributed by atoms with E-state index in [1.54, 1.807) is 0 Å². The number of anilines is 2. The highest BCUT2D eigenvalue weighted by Crippen LogP contribution is 2.17. The summed E-state index contributed by atoms with van der Waals surface area (Å²) in [5.41, 5.74) is 0. The number of nitriles is 1. The van der Waals surface area contributed by atoms with Crippen LogP contribution < -0.4 is 15.0 Å². The highest BCUT2D eigenvalue weighted by atomic mass is 16.5. The monoisotopic (exact) mass is 292 g/mol. The van der Waals surface area contributed by atoms with Gasteiger partial charge in [-0.3, -0.25) is 0 Å². The number of nitrogens with one attached hydrogen (secondary N) is 1. The Hall–Kier alpha value is -2.10. The van der Waals surface area contributed by atoms with Crippen LogP contribution in [0.4, 0.5) is 11.9 Å². The summed E-state index contributed by atoms with van der Waals surface area (Å²) in [6.45, 7) is 11.7. The number of nitrogens with zero attached hydrogens (tertiary/aromatic N) is 5. The summed E-state index contributed by atoms with van der Waals surface area (Å²) in [5, 5.41) is 12.0. The second kappa shape index (κ2) is 8.25. The van der Waals surface area contributed by atoms with Crippen LogP contribution in [0, 0.1) is 17.2 Å². The standard InChI is InChI=1S/C14H24N6O/c1-6-16-12-17-13(19-14(18-12)21-10(3)4)20(7-2)9-11(5)8-15/h10-11H,6-7,9H2,1-5H3,(H,16,17,18,19). The number of hydrogen-bond donors (Lipinski definition) is 1. The van der Waals surface area contributed by atoms with E-state index in [0.717, 1.165) is 0 Å². The fourth-order valence-electron chi connectivity index (χ4n) is 1.71. The van der Waals surface area contributed by atoms with Gasteiger partial charge in [-0.1, -0.05) is 0 Å². The Bertz CT molecular complexity index is 485. The molecule has 0 saturated heterocycles. The lowest BCUT2D eigenvalue weighted by atomic mass is 10.2. The van der Waals surface area contributed by atoms with Crippen LogP contribution in [0.2, 0.25) is 0 Å². The first-order chi connectivity index (χ1) is 9.99. The van der Waals surface area contributed by atoms with Gasteiger partial charge < -0.3 is 15.0 Å². The van der Waals surface area contributed by atoms with Crippen molar-refractivity contribution in [1.29, 1.82) is 5.26 Å². The van der Waals surface area contributed by atoms with Gasteiger partial charge in [0.2, 0.25) is 11.9 Å². The molecule has 1 rings (SSSR count). The van der Waals surface area contributed by atoms with Gasteiger partial charge in [0.25, 0.3) is 0 Å². The van der Waals surface area contributed by atoms with Crippen molar-refractivity contribution >= 4 is 11.9 Å². The molecule has 0 aliphatic carbocycles. The lowest BCUT2D eigenvalue weighted by molar-refractivity contribution is 0.222. The van der Waals surface area contributed by atoms with Crippen LogP contribution in [0.15, 0.2) is 0 Å². The summed E-state index contributed by atoms with van der Waals surface area (Å²) >= 11 is 0. The molecular formula is C14H24N6O. The maximum atomic E-state index is 8.97. The molecule has 1 aromatic rings. The van der Waals surface area contributed by atoms with Crippen molar-refractivity contribution < 1.29 is 4.74 Å². The van der Waals surface area contributed by atoms with Gasteiger partial charge in [0.15, 0.2) is 0 Å². The summed E-state index contributed by atoms with van der Waals surface area (Å²) in [6.07, 6.45) is -0.0113. The van der Waals surface area contributed by atoms with Crippen LogP contribution in [0.5, 0.6) is 6.01 Å². The lowest BCUT2D eigenvalue weighted by Gasteiger charge is -2.22. The molecule has 1 heterocycles. The highest BCUT2D eigenvalue weighted by molar-refractivity contribution is 5.38. The maximum absolute atomic E-state index is 8.97. The van der Waals surface area contributed by atoms with E-state index in [9.17, 15) is 0 Å². The van der Waals surface area contributed by atoms with Crippen molar-refractivity contribution in [3.8, 4) is 12.1 Å². The minimum absolute atomic E-state index is 0.0113. The Morgan fingerprint density at radius 2 is 1.95 bits per heavy atom. The van der Waals surface area contributed by atoms with Gasteiger partial charge in [-0.15, -0.1) is 0 Å². The number of ether oxygens (including phenoxy) is 1. The van der Waals surface area contributed by atoms with Gasteiger partial charge >= 0.3 is 6.01 Å². The van der Waals surface area contributed by atoms with Crippen molar-refractivity contribution in [2.45, 2.75) is 40.7 Å². The molecule has 0 saturated carbocycles. The first-order valence-electron chi connectivity index (χ1n) is 7.31. The van der Waals surface area contributed by atoms with Gasteiger partial charge in [-0.25, -0.2) is 0 Å². The molecule has 0 radical (unpaired) electrons. The zero-order valence-electron chi connectivity index (χ0n) is 13.4. The van der Waals surface area contributed by atoms with E-state index >= 15 is 0 Å². The van der Waals surface area contributed by atoms with Crippen molar-refractivity contribution in [2.24, 2.45) is 5.92 Å². The van der Waals surface area contributed by atoms with Gasteiger partial charge in [0.05, 0.1) is 18.1 Å². The minimum Gasteiger partial charge on any atom is -0.461 e. The minimum atomic E-state index is -0.0984. The Balaban J connectivity index is 3.07. The fraction of sp³-hybridized carbons (Fsp3) is 0.714. The van der Waals surface area contributed by atoms with Gasteiger partial charge in [0, 0.05) is 19.6 Å². The molecule has 21 heavy (non-hydrogen) atoms. The van der Waals surface area contributed by atoms with Crippen LogP contribution in [0.25, 0.3) is 0 Å². The van der Waals surface area contributed by atoms with Crippen LogP contribution in [-0.4, -0.2) is 40.7 Å². The number of hydrogen-bond acceptors (Lipinski definition) is 7. The van der Waals surface area contributed by atoms with E-state index < -0.39 is 0 Å². The second-order valence-corrected chi connectivity index (χ2v) is 5.01. The topological polar surface area (TPSA) is 87.0 Å². The van der Waals surface area contributed by atoms with Crippen LogP contribution >= 0.6 is 0 Å². The number of aromatic nitrogens is 3. The van der Waals surface area contributed by atoms with E-state index in [2.05, 4.69) is 26.3 Å². The van der Waals surface area contributed by atoms with Gasteiger partial charge in [-0.2, -0.15) is 20.2 Å². The van der Waals surface area contributed by atoms with Crippen LogP contribution in [0.3, 0.4) is 0 Å². The molecule has 7 nitrogen and oxygen atoms in total. The predicted octanol–water partition coefficient (Wildman–Crippen LogP) is 2.08. The fourth-order valence-corrected chi connectivity index (χ4v) is 1.71. The normalized spacial score (nSPS) is 11.9. The molecule has 0 spiro atoms. The van der Waals surface area contributed by atoms with Crippen molar-refractivity contribution in [1.82, 2.24) is 15.0 Å². The van der Waals surface area contributed by atoms with Crippen LogP contribution in [0.1, 0.15) is 34.6 Å². The Kier molecular flexibility index (Phi) is 6.66. The molecule has 0 bridgehead atoms. The Labute approximate surface area is 126 Å². The van der Waals surface area contributed by atoms with E-state index in [-0.39, 0.29) is 12.0 Å². The SMILES string of the molecule is CCNc1nc(OC(C)C)nc(N(CC)CC(C)C#N)n1. The molecule has 1 aromatic heterocycles. The first-order valence-corrected chi connectivity index (χ1v) is 7.31. The molecular weight excluding hydrogens is 268 g/mol. The lowest BCUT2D eigenvalue weighted by Crippen LogP contribution is -2.30. The second-order valence-electron chi connectivity index (χ2n) is 5.01. The molecule has 1 atom stereocenters. The van der Waals surface area contributed by atoms with Crippen molar-refractivity contribution in [3.05, 3.63) is 0 Å². The average molecular weight is 292 g/mol. The van der Waals surface area contributed by atoms with E-state index in [1.807, 2.05) is 39.5 Å². The highest BCUT2D eigenvalue weighted by Gasteiger charge is 2.16. The summed E-state index contributed by atoms with van der Waals surface area (Å²) in [7, 11) is 0. The summed E-state index contributed by atoms with van der Waals surface area (Å²) in [4.78, 5) is 14.9. The average Bonchev–Trinajstić information content (AvgIpc) is 2.43. The third kappa shape index (κ3) is 5.42.